The average Bonchev–Trinajstić information content (AvgIpc) is 3.33. The number of rotatable bonds is 9. The van der Waals surface area contributed by atoms with Gasteiger partial charge in [0.05, 0.1) is 12.1 Å². The first-order chi connectivity index (χ1) is 17.7. The van der Waals surface area contributed by atoms with Gasteiger partial charge < -0.3 is 10.2 Å². The van der Waals surface area contributed by atoms with E-state index in [1.165, 1.54) is 28.4 Å². The van der Waals surface area contributed by atoms with Gasteiger partial charge in [0.1, 0.15) is 5.69 Å². The lowest BCUT2D eigenvalue weighted by molar-refractivity contribution is -0.137. The Morgan fingerprint density at radius 3 is 2.27 bits per heavy atom. The van der Waals surface area contributed by atoms with Crippen molar-refractivity contribution in [2.45, 2.75) is 39.5 Å². The minimum atomic E-state index is -4.45. The van der Waals surface area contributed by atoms with Gasteiger partial charge in [-0.2, -0.15) is 18.3 Å². The Hall–Kier alpha value is -3.66. The summed E-state index contributed by atoms with van der Waals surface area (Å²) in [6, 6.07) is 14.0. The number of halogens is 3. The molecule has 1 aliphatic rings. The summed E-state index contributed by atoms with van der Waals surface area (Å²) in [6.45, 7) is 8.70. The van der Waals surface area contributed by atoms with Crippen molar-refractivity contribution in [3.8, 4) is 0 Å². The van der Waals surface area contributed by atoms with E-state index in [1.807, 2.05) is 0 Å². The highest BCUT2D eigenvalue weighted by Crippen LogP contribution is 2.30. The van der Waals surface area contributed by atoms with Crippen molar-refractivity contribution >= 4 is 17.5 Å². The van der Waals surface area contributed by atoms with Gasteiger partial charge in [0.15, 0.2) is 5.69 Å². The molecule has 196 valence electrons. The van der Waals surface area contributed by atoms with Crippen LogP contribution in [0.2, 0.25) is 0 Å². The number of amides is 2. The third-order valence-electron chi connectivity index (χ3n) is 6.56. The summed E-state index contributed by atoms with van der Waals surface area (Å²) in [5, 5.41) is 6.76. The van der Waals surface area contributed by atoms with Crippen LogP contribution in [0.3, 0.4) is 0 Å². The van der Waals surface area contributed by atoms with Gasteiger partial charge in [-0.05, 0) is 54.9 Å². The minimum Gasteiger partial charge on any atom is -0.335 e. The zero-order valence-electron chi connectivity index (χ0n) is 20.9. The molecule has 0 saturated carbocycles. The molecule has 4 rings (SSSR count). The molecule has 3 aromatic rings. The lowest BCUT2D eigenvalue weighted by Gasteiger charge is -2.27. The monoisotopic (exact) mass is 513 g/mol. The van der Waals surface area contributed by atoms with Gasteiger partial charge in [0.2, 0.25) is 0 Å². The van der Waals surface area contributed by atoms with E-state index in [4.69, 9.17) is 0 Å². The fourth-order valence-electron chi connectivity index (χ4n) is 4.28. The number of aromatic nitrogens is 2. The Balaban J connectivity index is 1.34. The maximum Gasteiger partial charge on any atom is 0.416 e. The molecule has 0 bridgehead atoms. The van der Waals surface area contributed by atoms with E-state index in [1.54, 1.807) is 4.90 Å². The van der Waals surface area contributed by atoms with Gasteiger partial charge in [-0.25, -0.2) is 0 Å². The molecule has 7 nitrogen and oxygen atoms in total. The second-order valence-corrected chi connectivity index (χ2v) is 8.99. The van der Waals surface area contributed by atoms with Crippen molar-refractivity contribution in [3.05, 3.63) is 82.7 Å². The number of carbonyl (C=O) groups is 2. The summed E-state index contributed by atoms with van der Waals surface area (Å²) in [7, 11) is 0. The van der Waals surface area contributed by atoms with E-state index in [0.717, 1.165) is 37.3 Å². The van der Waals surface area contributed by atoms with Crippen LogP contribution in [0.5, 0.6) is 0 Å². The highest BCUT2D eigenvalue weighted by molar-refractivity contribution is 6.04. The SMILES string of the molecule is CCN(CC)Cc1ccc(CCN2CCn3nc(C(=O)Nc4ccc(C(F)(F)F)cc4)cc3C2=O)cc1. The van der Waals surface area contributed by atoms with E-state index in [2.05, 4.69) is 53.4 Å². The Kier molecular flexibility index (Phi) is 7.97. The molecule has 2 aromatic carbocycles. The Bertz CT molecular complexity index is 1230. The molecule has 1 N–H and O–H groups in total. The largest absolute Gasteiger partial charge is 0.416 e. The van der Waals surface area contributed by atoms with Crippen molar-refractivity contribution in [2.24, 2.45) is 0 Å². The highest BCUT2D eigenvalue weighted by atomic mass is 19.4. The summed E-state index contributed by atoms with van der Waals surface area (Å²) >= 11 is 0. The van der Waals surface area contributed by atoms with E-state index in [0.29, 0.717) is 31.7 Å². The topological polar surface area (TPSA) is 70.5 Å². The lowest BCUT2D eigenvalue weighted by Crippen LogP contribution is -2.41. The number of nitrogens with one attached hydrogen (secondary N) is 1. The molecule has 0 saturated heterocycles. The second-order valence-electron chi connectivity index (χ2n) is 8.99. The van der Waals surface area contributed by atoms with Crippen molar-refractivity contribution in [1.82, 2.24) is 19.6 Å². The zero-order valence-corrected chi connectivity index (χ0v) is 20.9. The fourth-order valence-corrected chi connectivity index (χ4v) is 4.28. The van der Waals surface area contributed by atoms with Gasteiger partial charge in [0, 0.05) is 31.4 Å². The first-order valence-electron chi connectivity index (χ1n) is 12.3. The summed E-state index contributed by atoms with van der Waals surface area (Å²) in [5.41, 5.74) is 2.16. The lowest BCUT2D eigenvalue weighted by atomic mass is 10.1. The molecule has 0 spiro atoms. The third kappa shape index (κ3) is 6.37. The predicted octanol–water partition coefficient (Wildman–Crippen LogP) is 4.69. The minimum absolute atomic E-state index is 0.0360. The average molecular weight is 514 g/mol. The van der Waals surface area contributed by atoms with Gasteiger partial charge >= 0.3 is 6.18 Å². The molecule has 0 radical (unpaired) electrons. The molecule has 1 aromatic heterocycles. The van der Waals surface area contributed by atoms with E-state index in [9.17, 15) is 22.8 Å². The quantitative estimate of drug-likeness (QED) is 0.451. The standard InChI is InChI=1S/C27H30F3N5O2/c1-3-33(4-2)18-20-7-5-19(6-8-20)13-14-34-15-16-35-24(26(34)37)17-23(32-35)25(36)31-22-11-9-21(10-12-22)27(28,29)30/h5-12,17H,3-4,13-16,18H2,1-2H3,(H,31,36). The molecule has 10 heteroatoms. The van der Waals surface area contributed by atoms with Crippen LogP contribution in [0.25, 0.3) is 0 Å². The Morgan fingerprint density at radius 1 is 1.00 bits per heavy atom. The first kappa shape index (κ1) is 26.4. The molecular formula is C27H30F3N5O2. The second kappa shape index (κ2) is 11.2. The van der Waals surface area contributed by atoms with E-state index >= 15 is 0 Å². The van der Waals surface area contributed by atoms with Crippen LogP contribution in [0.4, 0.5) is 18.9 Å². The van der Waals surface area contributed by atoms with Crippen molar-refractivity contribution in [1.29, 1.82) is 0 Å². The number of hydrogen-bond acceptors (Lipinski definition) is 4. The number of fused-ring (bicyclic) bond motifs is 1. The molecule has 0 unspecified atom stereocenters. The highest BCUT2D eigenvalue weighted by Gasteiger charge is 2.30. The summed E-state index contributed by atoms with van der Waals surface area (Å²) in [5.74, 6) is -0.795. The molecule has 2 amide bonds. The number of nitrogens with zero attached hydrogens (tertiary/aromatic N) is 4. The molecule has 0 aliphatic carbocycles. The Morgan fingerprint density at radius 2 is 1.65 bits per heavy atom. The summed E-state index contributed by atoms with van der Waals surface area (Å²) in [4.78, 5) is 29.7. The molecule has 2 heterocycles. The van der Waals surface area contributed by atoms with Crippen LogP contribution in [0.15, 0.2) is 54.6 Å². The maximum absolute atomic E-state index is 13.0. The fraction of sp³-hybridized carbons (Fsp3) is 0.370. The number of carbonyl (C=O) groups excluding carboxylic acids is 2. The number of anilines is 1. The smallest absolute Gasteiger partial charge is 0.335 e. The van der Waals surface area contributed by atoms with E-state index < -0.39 is 17.6 Å². The molecule has 0 atom stereocenters. The van der Waals surface area contributed by atoms with Crippen molar-refractivity contribution in [3.63, 3.8) is 0 Å². The van der Waals surface area contributed by atoms with Crippen LogP contribution < -0.4 is 5.32 Å². The van der Waals surface area contributed by atoms with Crippen LogP contribution in [-0.2, 0) is 25.7 Å². The van der Waals surface area contributed by atoms with Gasteiger partial charge in [0.25, 0.3) is 11.8 Å². The summed E-state index contributed by atoms with van der Waals surface area (Å²) < 4.78 is 39.7. The predicted molar refractivity (Wildman–Crippen MR) is 134 cm³/mol. The molecule has 0 fully saturated rings. The molecule has 1 aliphatic heterocycles. The van der Waals surface area contributed by atoms with Crippen molar-refractivity contribution < 1.29 is 22.8 Å². The van der Waals surface area contributed by atoms with Crippen LogP contribution in [-0.4, -0.2) is 57.6 Å². The number of alkyl halides is 3. The Labute approximate surface area is 213 Å². The maximum atomic E-state index is 13.0. The van der Waals surface area contributed by atoms with Crippen molar-refractivity contribution in [2.75, 3.05) is 31.5 Å². The van der Waals surface area contributed by atoms with E-state index in [-0.39, 0.29) is 17.3 Å². The normalized spacial score (nSPS) is 13.7. The third-order valence-corrected chi connectivity index (χ3v) is 6.56. The summed E-state index contributed by atoms with van der Waals surface area (Å²) in [6.07, 6.45) is -3.74. The van der Waals surface area contributed by atoms with Gasteiger partial charge in [-0.1, -0.05) is 38.1 Å². The first-order valence-corrected chi connectivity index (χ1v) is 12.3. The van der Waals surface area contributed by atoms with Crippen LogP contribution in [0, 0.1) is 0 Å². The van der Waals surface area contributed by atoms with Gasteiger partial charge in [-0.15, -0.1) is 0 Å². The molecule has 37 heavy (non-hydrogen) atoms. The van der Waals surface area contributed by atoms with Crippen LogP contribution >= 0.6 is 0 Å². The number of hydrogen-bond donors (Lipinski definition) is 1. The van der Waals surface area contributed by atoms with Gasteiger partial charge in [-0.3, -0.25) is 19.2 Å². The number of benzene rings is 2. The molecular weight excluding hydrogens is 483 g/mol. The van der Waals surface area contributed by atoms with Crippen LogP contribution in [0.1, 0.15) is 51.5 Å². The zero-order chi connectivity index (χ0) is 26.6.